The average Bonchev–Trinajstić information content (AvgIpc) is 3.07. The Bertz CT molecular complexity index is 595. The minimum atomic E-state index is -0.286. The number of hydrogen-bond donors (Lipinski definition) is 2. The molecule has 5 heteroatoms. The number of amides is 1. The summed E-state index contributed by atoms with van der Waals surface area (Å²) in [5, 5.41) is 12.4. The molecule has 0 fully saturated rings. The van der Waals surface area contributed by atoms with Gasteiger partial charge in [0, 0.05) is 17.5 Å². The minimum absolute atomic E-state index is 0.0500. The fourth-order valence-corrected chi connectivity index (χ4v) is 2.23. The summed E-state index contributed by atoms with van der Waals surface area (Å²) >= 11 is 0. The van der Waals surface area contributed by atoms with Gasteiger partial charge < -0.3 is 14.8 Å². The fourth-order valence-electron chi connectivity index (χ4n) is 2.23. The van der Waals surface area contributed by atoms with Crippen LogP contribution in [0.2, 0.25) is 0 Å². The summed E-state index contributed by atoms with van der Waals surface area (Å²) in [6.07, 6.45) is 2.96. The Kier molecular flexibility index (Phi) is 5.33. The van der Waals surface area contributed by atoms with Gasteiger partial charge in [0.2, 0.25) is 5.89 Å². The molecule has 0 unspecified atom stereocenters. The van der Waals surface area contributed by atoms with E-state index in [4.69, 9.17) is 4.42 Å². The Morgan fingerprint density at radius 1 is 1.27 bits per heavy atom. The molecule has 1 amide bonds. The number of hydrogen-bond acceptors (Lipinski definition) is 4. The SMILES string of the molecule is CCC(CC)(CO)CNC(=O)c1coc(-c2ccccc2)n1. The van der Waals surface area contributed by atoms with Crippen LogP contribution in [0, 0.1) is 5.41 Å². The molecule has 2 N–H and O–H groups in total. The molecule has 2 aromatic rings. The van der Waals surface area contributed by atoms with Gasteiger partial charge in [-0.15, -0.1) is 0 Å². The zero-order chi connectivity index (χ0) is 16.0. The second-order valence-corrected chi connectivity index (χ2v) is 5.45. The first kappa shape index (κ1) is 16.2. The van der Waals surface area contributed by atoms with Crippen molar-refractivity contribution in [1.82, 2.24) is 10.3 Å². The number of carbonyl (C=O) groups excluding carboxylic acids is 1. The van der Waals surface area contributed by atoms with E-state index < -0.39 is 0 Å². The number of rotatable bonds is 7. The average molecular weight is 302 g/mol. The van der Waals surface area contributed by atoms with Gasteiger partial charge in [0.25, 0.3) is 5.91 Å². The first-order valence-electron chi connectivity index (χ1n) is 7.54. The van der Waals surface area contributed by atoms with Crippen molar-refractivity contribution in [2.24, 2.45) is 5.41 Å². The topological polar surface area (TPSA) is 75.4 Å². The van der Waals surface area contributed by atoms with E-state index in [0.29, 0.717) is 12.4 Å². The zero-order valence-corrected chi connectivity index (χ0v) is 13.0. The molecular weight excluding hydrogens is 280 g/mol. The van der Waals surface area contributed by atoms with E-state index in [1.807, 2.05) is 44.2 Å². The third-order valence-corrected chi connectivity index (χ3v) is 4.22. The quantitative estimate of drug-likeness (QED) is 0.824. The van der Waals surface area contributed by atoms with Crippen molar-refractivity contribution in [3.05, 3.63) is 42.3 Å². The summed E-state index contributed by atoms with van der Waals surface area (Å²) in [5.74, 6) is 0.135. The highest BCUT2D eigenvalue weighted by molar-refractivity contribution is 5.92. The number of aliphatic hydroxyl groups excluding tert-OH is 1. The van der Waals surface area contributed by atoms with Gasteiger partial charge in [-0.1, -0.05) is 32.0 Å². The first-order valence-corrected chi connectivity index (χ1v) is 7.54. The van der Waals surface area contributed by atoms with Crippen LogP contribution in [0.25, 0.3) is 11.5 Å². The van der Waals surface area contributed by atoms with Gasteiger partial charge in [0.1, 0.15) is 6.26 Å². The summed E-state index contributed by atoms with van der Waals surface area (Å²) < 4.78 is 5.36. The van der Waals surface area contributed by atoms with Crippen molar-refractivity contribution in [2.45, 2.75) is 26.7 Å². The summed E-state index contributed by atoms with van der Waals surface area (Å²) in [4.78, 5) is 16.4. The number of nitrogens with one attached hydrogen (secondary N) is 1. The van der Waals surface area contributed by atoms with Crippen LogP contribution in [0.5, 0.6) is 0 Å². The van der Waals surface area contributed by atoms with Gasteiger partial charge in [0.15, 0.2) is 5.69 Å². The van der Waals surface area contributed by atoms with E-state index >= 15 is 0 Å². The van der Waals surface area contributed by atoms with Gasteiger partial charge in [-0.2, -0.15) is 0 Å². The second-order valence-electron chi connectivity index (χ2n) is 5.45. The van der Waals surface area contributed by atoms with Crippen molar-refractivity contribution in [2.75, 3.05) is 13.2 Å². The maximum atomic E-state index is 12.2. The predicted molar refractivity (Wildman–Crippen MR) is 84.4 cm³/mol. The number of aliphatic hydroxyl groups is 1. The monoisotopic (exact) mass is 302 g/mol. The molecule has 0 aliphatic heterocycles. The van der Waals surface area contributed by atoms with Crippen molar-refractivity contribution >= 4 is 5.91 Å². The molecule has 0 bridgehead atoms. The standard InChI is InChI=1S/C17H22N2O3/c1-3-17(4-2,12-20)11-18-15(21)14-10-22-16(19-14)13-8-6-5-7-9-13/h5-10,20H,3-4,11-12H2,1-2H3,(H,18,21). The maximum absolute atomic E-state index is 12.2. The fraction of sp³-hybridized carbons (Fsp3) is 0.412. The molecule has 0 aliphatic rings. The molecule has 0 aliphatic carbocycles. The lowest BCUT2D eigenvalue weighted by Gasteiger charge is -2.29. The molecule has 1 aromatic carbocycles. The van der Waals surface area contributed by atoms with Crippen molar-refractivity contribution in [3.63, 3.8) is 0 Å². The molecule has 22 heavy (non-hydrogen) atoms. The van der Waals surface area contributed by atoms with Gasteiger partial charge in [-0.25, -0.2) is 4.98 Å². The van der Waals surface area contributed by atoms with Crippen LogP contribution in [-0.2, 0) is 0 Å². The molecule has 0 spiro atoms. The number of benzene rings is 1. The molecule has 0 radical (unpaired) electrons. The lowest BCUT2D eigenvalue weighted by atomic mass is 9.83. The van der Waals surface area contributed by atoms with E-state index in [1.54, 1.807) is 0 Å². The minimum Gasteiger partial charge on any atom is -0.444 e. The molecule has 2 rings (SSSR count). The number of aromatic nitrogens is 1. The summed E-state index contributed by atoms with van der Waals surface area (Å²) in [5.41, 5.74) is 0.799. The number of carbonyl (C=O) groups is 1. The smallest absolute Gasteiger partial charge is 0.273 e. The highest BCUT2D eigenvalue weighted by Crippen LogP contribution is 2.24. The van der Waals surface area contributed by atoms with Crippen LogP contribution in [0.15, 0.2) is 41.0 Å². The Morgan fingerprint density at radius 2 is 1.95 bits per heavy atom. The molecule has 118 valence electrons. The van der Waals surface area contributed by atoms with Gasteiger partial charge in [-0.3, -0.25) is 4.79 Å². The second kappa shape index (κ2) is 7.22. The summed E-state index contributed by atoms with van der Waals surface area (Å²) in [6.45, 7) is 4.49. The van der Waals surface area contributed by atoms with Crippen LogP contribution in [0.1, 0.15) is 37.2 Å². The van der Waals surface area contributed by atoms with E-state index in [-0.39, 0.29) is 23.6 Å². The largest absolute Gasteiger partial charge is 0.444 e. The molecule has 5 nitrogen and oxygen atoms in total. The predicted octanol–water partition coefficient (Wildman–Crippen LogP) is 2.87. The van der Waals surface area contributed by atoms with Crippen molar-refractivity contribution in [1.29, 1.82) is 0 Å². The van der Waals surface area contributed by atoms with Gasteiger partial charge in [0.05, 0.1) is 6.61 Å². The van der Waals surface area contributed by atoms with Crippen LogP contribution >= 0.6 is 0 Å². The molecule has 1 heterocycles. The lowest BCUT2D eigenvalue weighted by Crippen LogP contribution is -2.39. The lowest BCUT2D eigenvalue weighted by molar-refractivity contribution is 0.0847. The molecule has 0 saturated heterocycles. The zero-order valence-electron chi connectivity index (χ0n) is 13.0. The Morgan fingerprint density at radius 3 is 2.55 bits per heavy atom. The molecule has 0 saturated carbocycles. The summed E-state index contributed by atoms with van der Waals surface area (Å²) in [7, 11) is 0. The Hall–Kier alpha value is -2.14. The van der Waals surface area contributed by atoms with Crippen molar-refractivity contribution < 1.29 is 14.3 Å². The maximum Gasteiger partial charge on any atom is 0.273 e. The first-order chi connectivity index (χ1) is 10.6. The number of oxazole rings is 1. The van der Waals surface area contributed by atoms with Gasteiger partial charge in [-0.05, 0) is 25.0 Å². The van der Waals surface area contributed by atoms with Crippen LogP contribution in [0.3, 0.4) is 0 Å². The van der Waals surface area contributed by atoms with Crippen LogP contribution in [-0.4, -0.2) is 29.1 Å². The highest BCUT2D eigenvalue weighted by Gasteiger charge is 2.26. The number of nitrogens with zero attached hydrogens (tertiary/aromatic N) is 1. The van der Waals surface area contributed by atoms with Crippen molar-refractivity contribution in [3.8, 4) is 11.5 Å². The Balaban J connectivity index is 2.04. The molecule has 0 atom stereocenters. The van der Waals surface area contributed by atoms with Gasteiger partial charge >= 0.3 is 0 Å². The third-order valence-electron chi connectivity index (χ3n) is 4.22. The third kappa shape index (κ3) is 3.54. The van der Waals surface area contributed by atoms with E-state index in [1.165, 1.54) is 6.26 Å². The molecular formula is C17H22N2O3. The van der Waals surface area contributed by atoms with E-state index in [0.717, 1.165) is 18.4 Å². The van der Waals surface area contributed by atoms with E-state index in [9.17, 15) is 9.90 Å². The normalized spacial score (nSPS) is 11.4. The highest BCUT2D eigenvalue weighted by atomic mass is 16.3. The van der Waals surface area contributed by atoms with Crippen LogP contribution in [0.4, 0.5) is 0 Å². The Labute approximate surface area is 130 Å². The molecule has 1 aromatic heterocycles. The summed E-state index contributed by atoms with van der Waals surface area (Å²) in [6, 6.07) is 9.43. The van der Waals surface area contributed by atoms with E-state index in [2.05, 4.69) is 10.3 Å². The van der Waals surface area contributed by atoms with Crippen LogP contribution < -0.4 is 5.32 Å².